The van der Waals surface area contributed by atoms with Gasteiger partial charge < -0.3 is 10.6 Å². The Hall–Kier alpha value is -3.85. The minimum atomic E-state index is -0.335. The van der Waals surface area contributed by atoms with Crippen molar-refractivity contribution in [3.8, 4) is 22.6 Å². The molecule has 1 spiro atoms. The van der Waals surface area contributed by atoms with E-state index < -0.39 is 0 Å². The number of hydrogen-bond donors (Lipinski definition) is 2. The molecule has 0 unspecified atom stereocenters. The van der Waals surface area contributed by atoms with Gasteiger partial charge in [-0.15, -0.1) is 0 Å². The van der Waals surface area contributed by atoms with Crippen molar-refractivity contribution < 1.29 is 4.39 Å². The molecule has 0 atom stereocenters. The second-order valence-corrected chi connectivity index (χ2v) is 9.13. The van der Waals surface area contributed by atoms with Crippen molar-refractivity contribution in [3.05, 3.63) is 66.9 Å². The highest BCUT2D eigenvalue weighted by Crippen LogP contribution is 2.45. The van der Waals surface area contributed by atoms with Crippen molar-refractivity contribution in [2.45, 2.75) is 18.9 Å². The van der Waals surface area contributed by atoms with Crippen LogP contribution in [0.25, 0.3) is 33.8 Å². The number of halogens is 1. The SMILES string of the molecule is Fc1ccc2c(-c3ccc4ncc(-c5cccc(NC6CC7(CNC7)C6)n5)n4n3)cnn2c1. The summed E-state index contributed by atoms with van der Waals surface area (Å²) in [7, 11) is 0. The lowest BCUT2D eigenvalue weighted by Crippen LogP contribution is -2.63. The predicted molar refractivity (Wildman–Crippen MR) is 122 cm³/mol. The van der Waals surface area contributed by atoms with Crippen molar-refractivity contribution in [2.24, 2.45) is 5.41 Å². The van der Waals surface area contributed by atoms with Gasteiger partial charge in [-0.3, -0.25) is 0 Å². The van der Waals surface area contributed by atoms with Crippen LogP contribution in [-0.2, 0) is 0 Å². The van der Waals surface area contributed by atoms with Crippen molar-refractivity contribution in [3.63, 3.8) is 0 Å². The Labute approximate surface area is 188 Å². The van der Waals surface area contributed by atoms with Crippen LogP contribution in [0.1, 0.15) is 12.8 Å². The molecule has 164 valence electrons. The second-order valence-electron chi connectivity index (χ2n) is 9.13. The predicted octanol–water partition coefficient (Wildman–Crippen LogP) is 3.41. The van der Waals surface area contributed by atoms with E-state index in [4.69, 9.17) is 10.1 Å². The fourth-order valence-corrected chi connectivity index (χ4v) is 5.07. The smallest absolute Gasteiger partial charge is 0.154 e. The van der Waals surface area contributed by atoms with Gasteiger partial charge in [0, 0.05) is 24.7 Å². The summed E-state index contributed by atoms with van der Waals surface area (Å²) in [6.07, 6.45) is 7.23. The molecular formula is C24H21FN8. The monoisotopic (exact) mass is 440 g/mol. The van der Waals surface area contributed by atoms with Gasteiger partial charge in [-0.2, -0.15) is 10.2 Å². The van der Waals surface area contributed by atoms with Gasteiger partial charge in [0.1, 0.15) is 17.3 Å². The first-order valence-corrected chi connectivity index (χ1v) is 11.1. The van der Waals surface area contributed by atoms with Gasteiger partial charge in [-0.25, -0.2) is 23.4 Å². The molecule has 2 N–H and O–H groups in total. The van der Waals surface area contributed by atoms with Crippen molar-refractivity contribution in [1.82, 2.24) is 34.5 Å². The molecule has 33 heavy (non-hydrogen) atoms. The molecule has 8 nitrogen and oxygen atoms in total. The molecule has 7 rings (SSSR count). The Morgan fingerprint density at radius 3 is 2.79 bits per heavy atom. The van der Waals surface area contributed by atoms with Gasteiger partial charge in [0.15, 0.2) is 5.65 Å². The second kappa shape index (κ2) is 6.82. The molecule has 1 saturated carbocycles. The molecule has 9 heteroatoms. The number of rotatable bonds is 4. The van der Waals surface area contributed by atoms with E-state index in [9.17, 15) is 4.39 Å². The zero-order valence-corrected chi connectivity index (χ0v) is 17.7. The maximum atomic E-state index is 13.5. The first-order chi connectivity index (χ1) is 16.2. The summed E-state index contributed by atoms with van der Waals surface area (Å²) in [5.74, 6) is 0.536. The molecule has 5 aromatic heterocycles. The number of pyridine rings is 2. The van der Waals surface area contributed by atoms with Crippen LogP contribution in [0.5, 0.6) is 0 Å². The number of nitrogens with one attached hydrogen (secondary N) is 2. The van der Waals surface area contributed by atoms with E-state index in [2.05, 4.69) is 20.7 Å². The van der Waals surface area contributed by atoms with E-state index in [1.165, 1.54) is 29.6 Å². The molecule has 1 saturated heterocycles. The van der Waals surface area contributed by atoms with Crippen molar-refractivity contribution >= 4 is 17.0 Å². The van der Waals surface area contributed by atoms with Crippen LogP contribution in [0.4, 0.5) is 10.2 Å². The molecule has 1 aliphatic carbocycles. The third-order valence-electron chi connectivity index (χ3n) is 6.84. The molecule has 2 aliphatic rings. The fraction of sp³-hybridized carbons (Fsp3) is 0.250. The number of anilines is 1. The van der Waals surface area contributed by atoms with E-state index in [1.54, 1.807) is 23.0 Å². The number of hydrogen-bond acceptors (Lipinski definition) is 6. The van der Waals surface area contributed by atoms with Gasteiger partial charge in [-0.05, 0) is 54.7 Å². The Balaban J connectivity index is 1.22. The Morgan fingerprint density at radius 2 is 1.94 bits per heavy atom. The highest BCUT2D eigenvalue weighted by molar-refractivity contribution is 5.78. The summed E-state index contributed by atoms with van der Waals surface area (Å²) in [5.41, 5.74) is 5.20. The normalized spacial score (nSPS) is 17.4. The molecule has 5 aromatic rings. The van der Waals surface area contributed by atoms with E-state index in [0.29, 0.717) is 11.5 Å². The molecule has 1 aliphatic heterocycles. The first-order valence-electron chi connectivity index (χ1n) is 11.1. The zero-order chi connectivity index (χ0) is 22.0. The number of fused-ring (bicyclic) bond motifs is 2. The summed E-state index contributed by atoms with van der Waals surface area (Å²) < 4.78 is 16.9. The standard InChI is InChI=1S/C24H21FN8/c25-15-4-6-20-17(10-28-32(20)12-15)18-5-7-23-27-11-21(33(23)31-18)19-2-1-3-22(30-19)29-16-8-24(9-16)13-26-14-24/h1-7,10-12,16,26H,8-9,13-14H2,(H,29,30). The van der Waals surface area contributed by atoms with Crippen LogP contribution in [0, 0.1) is 11.2 Å². The Morgan fingerprint density at radius 1 is 1.03 bits per heavy atom. The molecule has 2 fully saturated rings. The number of aromatic nitrogens is 6. The topological polar surface area (TPSA) is 84.4 Å². The van der Waals surface area contributed by atoms with Gasteiger partial charge in [0.2, 0.25) is 0 Å². The minimum Gasteiger partial charge on any atom is -0.367 e. The molecule has 6 heterocycles. The van der Waals surface area contributed by atoms with Gasteiger partial charge >= 0.3 is 0 Å². The lowest BCUT2D eigenvalue weighted by Gasteiger charge is -2.54. The largest absolute Gasteiger partial charge is 0.367 e. The summed E-state index contributed by atoms with van der Waals surface area (Å²) in [6, 6.07) is 13.4. The Bertz CT molecular complexity index is 1510. The lowest BCUT2D eigenvalue weighted by atomic mass is 9.62. The quantitative estimate of drug-likeness (QED) is 0.446. The lowest BCUT2D eigenvalue weighted by molar-refractivity contribution is 0.0469. The third-order valence-corrected chi connectivity index (χ3v) is 6.84. The fourth-order valence-electron chi connectivity index (χ4n) is 5.07. The van der Waals surface area contributed by atoms with Crippen LogP contribution < -0.4 is 10.6 Å². The van der Waals surface area contributed by atoms with Gasteiger partial charge in [0.25, 0.3) is 0 Å². The van der Waals surface area contributed by atoms with E-state index in [0.717, 1.165) is 52.7 Å². The van der Waals surface area contributed by atoms with Crippen molar-refractivity contribution in [1.29, 1.82) is 0 Å². The first kappa shape index (κ1) is 18.7. The average Bonchev–Trinajstić information content (AvgIpc) is 3.38. The number of imidazole rings is 1. The average molecular weight is 440 g/mol. The Kier molecular flexibility index (Phi) is 3.87. The van der Waals surface area contributed by atoms with Gasteiger partial charge in [0.05, 0.1) is 35.5 Å². The highest BCUT2D eigenvalue weighted by Gasteiger charge is 2.48. The van der Waals surface area contributed by atoms with E-state index in [1.807, 2.05) is 30.3 Å². The third kappa shape index (κ3) is 3.00. The van der Waals surface area contributed by atoms with Crippen LogP contribution in [0.2, 0.25) is 0 Å². The molecule has 0 aromatic carbocycles. The zero-order valence-electron chi connectivity index (χ0n) is 17.7. The summed E-state index contributed by atoms with van der Waals surface area (Å²) in [4.78, 5) is 9.35. The van der Waals surface area contributed by atoms with Crippen molar-refractivity contribution in [2.75, 3.05) is 18.4 Å². The molecule has 0 radical (unpaired) electrons. The van der Waals surface area contributed by atoms with E-state index in [-0.39, 0.29) is 5.82 Å². The van der Waals surface area contributed by atoms with Gasteiger partial charge in [-0.1, -0.05) is 6.07 Å². The maximum absolute atomic E-state index is 13.5. The summed E-state index contributed by atoms with van der Waals surface area (Å²) in [5, 5.41) is 16.0. The van der Waals surface area contributed by atoms with E-state index >= 15 is 0 Å². The van der Waals surface area contributed by atoms with Crippen LogP contribution in [-0.4, -0.2) is 48.3 Å². The summed E-state index contributed by atoms with van der Waals surface area (Å²) in [6.45, 7) is 2.27. The molecule has 0 bridgehead atoms. The van der Waals surface area contributed by atoms with Crippen LogP contribution in [0.3, 0.4) is 0 Å². The highest BCUT2D eigenvalue weighted by atomic mass is 19.1. The summed E-state index contributed by atoms with van der Waals surface area (Å²) >= 11 is 0. The molecule has 0 amide bonds. The minimum absolute atomic E-state index is 0.335. The van der Waals surface area contributed by atoms with Crippen LogP contribution >= 0.6 is 0 Å². The molecular weight excluding hydrogens is 419 g/mol. The number of nitrogens with zero attached hydrogens (tertiary/aromatic N) is 6. The maximum Gasteiger partial charge on any atom is 0.154 e. The van der Waals surface area contributed by atoms with Crippen LogP contribution in [0.15, 0.2) is 61.1 Å².